The number of nitrogens with one attached hydrogen (secondary N) is 1. The van der Waals surface area contributed by atoms with Crippen molar-refractivity contribution in [3.05, 3.63) is 24.3 Å². The van der Waals surface area contributed by atoms with Gasteiger partial charge in [-0.1, -0.05) is 0 Å². The Balaban J connectivity index is 2.09. The van der Waals surface area contributed by atoms with Crippen molar-refractivity contribution in [2.24, 2.45) is 0 Å². The molecule has 1 saturated heterocycles. The van der Waals surface area contributed by atoms with Crippen molar-refractivity contribution in [3.63, 3.8) is 0 Å². The molecule has 0 aromatic heterocycles. The molecule has 1 aliphatic heterocycles. The van der Waals surface area contributed by atoms with Gasteiger partial charge in [-0.3, -0.25) is 0 Å². The number of hydrogen-bond donors (Lipinski definition) is 1. The summed E-state index contributed by atoms with van der Waals surface area (Å²) in [5, 5.41) is 0. The third-order valence-electron chi connectivity index (χ3n) is 3.60. The highest BCUT2D eigenvalue weighted by Crippen LogP contribution is 2.17. The lowest BCUT2D eigenvalue weighted by atomic mass is 10.2. The van der Waals surface area contributed by atoms with Crippen LogP contribution in [0.3, 0.4) is 0 Å². The molecule has 0 amide bonds. The molecule has 0 radical (unpaired) electrons. The van der Waals surface area contributed by atoms with Gasteiger partial charge in [0.15, 0.2) is 0 Å². The Morgan fingerprint density at radius 1 is 1.19 bits per heavy atom. The highest BCUT2D eigenvalue weighted by Gasteiger charge is 2.23. The number of hydrogen-bond acceptors (Lipinski definition) is 5. The Morgan fingerprint density at radius 3 is 2.24 bits per heavy atom. The molecule has 0 aliphatic carbocycles. The molecule has 1 heterocycles. The van der Waals surface area contributed by atoms with Crippen molar-refractivity contribution in [1.82, 2.24) is 9.62 Å². The lowest BCUT2D eigenvalue weighted by Gasteiger charge is -2.19. The summed E-state index contributed by atoms with van der Waals surface area (Å²) in [5.74, 6) is 0. The lowest BCUT2D eigenvalue weighted by Crippen LogP contribution is -2.38. The Kier molecular flexibility index (Phi) is 4.66. The fourth-order valence-electron chi connectivity index (χ4n) is 2.31. The standard InChI is InChI=1S/C12H17FN2O4S2/c1-15-8-2-3-10(15)9-14-21(18,19)12-6-4-11(5-7-12)20(13,16)17/h4-7,10,14H,2-3,8-9H2,1H3. The number of nitrogens with zero attached hydrogens (tertiary/aromatic N) is 1. The smallest absolute Gasteiger partial charge is 0.302 e. The van der Waals surface area contributed by atoms with Crippen LogP contribution < -0.4 is 4.72 Å². The fraction of sp³-hybridized carbons (Fsp3) is 0.500. The van der Waals surface area contributed by atoms with Gasteiger partial charge in [-0.05, 0) is 50.7 Å². The first kappa shape index (κ1) is 16.3. The Labute approximate surface area is 124 Å². The Morgan fingerprint density at radius 2 is 1.76 bits per heavy atom. The van der Waals surface area contributed by atoms with Gasteiger partial charge in [0.1, 0.15) is 0 Å². The summed E-state index contributed by atoms with van der Waals surface area (Å²) in [6.45, 7) is 1.23. The first-order valence-electron chi connectivity index (χ1n) is 6.45. The van der Waals surface area contributed by atoms with Gasteiger partial charge in [-0.15, -0.1) is 3.89 Å². The van der Waals surface area contributed by atoms with Gasteiger partial charge in [0.2, 0.25) is 10.0 Å². The molecule has 0 saturated carbocycles. The average molecular weight is 336 g/mol. The van der Waals surface area contributed by atoms with Gasteiger partial charge in [-0.25, -0.2) is 13.1 Å². The highest BCUT2D eigenvalue weighted by molar-refractivity contribution is 7.89. The minimum atomic E-state index is -4.82. The van der Waals surface area contributed by atoms with E-state index < -0.39 is 25.1 Å². The molecule has 1 unspecified atom stereocenters. The maximum atomic E-state index is 12.7. The molecular weight excluding hydrogens is 319 g/mol. The Bertz CT molecular complexity index is 701. The number of rotatable bonds is 5. The van der Waals surface area contributed by atoms with Crippen molar-refractivity contribution in [2.75, 3.05) is 20.1 Å². The molecular formula is C12H17FN2O4S2. The van der Waals surface area contributed by atoms with Gasteiger partial charge >= 0.3 is 10.2 Å². The monoisotopic (exact) mass is 336 g/mol. The molecule has 1 aromatic carbocycles. The minimum absolute atomic E-state index is 0.0875. The van der Waals surface area contributed by atoms with E-state index in [1.807, 2.05) is 7.05 Å². The van der Waals surface area contributed by atoms with Crippen LogP contribution in [0, 0.1) is 0 Å². The largest absolute Gasteiger partial charge is 0.332 e. The Hall–Kier alpha value is -1.03. The summed E-state index contributed by atoms with van der Waals surface area (Å²) >= 11 is 0. The predicted molar refractivity (Wildman–Crippen MR) is 75.6 cm³/mol. The quantitative estimate of drug-likeness (QED) is 0.801. The van der Waals surface area contributed by atoms with Crippen LogP contribution in [-0.4, -0.2) is 47.9 Å². The number of halogens is 1. The summed E-state index contributed by atoms with van der Waals surface area (Å²) in [6, 6.07) is 4.18. The van der Waals surface area contributed by atoms with Crippen LogP contribution >= 0.6 is 0 Å². The van der Waals surface area contributed by atoms with E-state index in [0.717, 1.165) is 43.7 Å². The fourth-order valence-corrected chi connectivity index (χ4v) is 3.84. The summed E-state index contributed by atoms with van der Waals surface area (Å²) in [6.07, 6.45) is 1.96. The normalized spacial score (nSPS) is 20.8. The predicted octanol–water partition coefficient (Wildman–Crippen LogP) is 0.717. The summed E-state index contributed by atoms with van der Waals surface area (Å²) in [4.78, 5) is 1.44. The SMILES string of the molecule is CN1CCCC1CNS(=O)(=O)c1ccc(S(=O)(=O)F)cc1. The third-order valence-corrected chi connectivity index (χ3v) is 5.87. The van der Waals surface area contributed by atoms with E-state index in [1.54, 1.807) is 0 Å². The van der Waals surface area contributed by atoms with Gasteiger partial charge in [-0.2, -0.15) is 8.42 Å². The van der Waals surface area contributed by atoms with Crippen LogP contribution in [0.5, 0.6) is 0 Å². The second-order valence-electron chi connectivity index (χ2n) is 5.04. The first-order valence-corrected chi connectivity index (χ1v) is 9.31. The highest BCUT2D eigenvalue weighted by atomic mass is 32.3. The maximum absolute atomic E-state index is 12.7. The molecule has 0 bridgehead atoms. The summed E-state index contributed by atoms with van der Waals surface area (Å²) < 4.78 is 60.8. The molecule has 21 heavy (non-hydrogen) atoms. The van der Waals surface area contributed by atoms with Gasteiger partial charge < -0.3 is 4.90 Å². The van der Waals surface area contributed by atoms with E-state index in [2.05, 4.69) is 9.62 Å². The third kappa shape index (κ3) is 4.00. The molecule has 1 aliphatic rings. The topological polar surface area (TPSA) is 83.6 Å². The van der Waals surface area contributed by atoms with Gasteiger partial charge in [0.25, 0.3) is 0 Å². The zero-order chi connectivity index (χ0) is 15.7. The van der Waals surface area contributed by atoms with Crippen molar-refractivity contribution in [3.8, 4) is 0 Å². The van der Waals surface area contributed by atoms with Crippen molar-refractivity contribution in [1.29, 1.82) is 0 Å². The van der Waals surface area contributed by atoms with E-state index in [4.69, 9.17) is 0 Å². The number of likely N-dealkylation sites (N-methyl/N-ethyl adjacent to an activating group) is 1. The second-order valence-corrected chi connectivity index (χ2v) is 8.15. The molecule has 1 aromatic rings. The summed E-state index contributed by atoms with van der Waals surface area (Å²) in [7, 11) is -6.61. The molecule has 6 nitrogen and oxygen atoms in total. The van der Waals surface area contributed by atoms with Crippen LogP contribution in [0.15, 0.2) is 34.1 Å². The first-order chi connectivity index (χ1) is 9.70. The van der Waals surface area contributed by atoms with E-state index in [9.17, 15) is 20.7 Å². The number of sulfonamides is 1. The van der Waals surface area contributed by atoms with Crippen LogP contribution in [-0.2, 0) is 20.2 Å². The van der Waals surface area contributed by atoms with Crippen LogP contribution in [0.25, 0.3) is 0 Å². The lowest BCUT2D eigenvalue weighted by molar-refractivity contribution is 0.311. The number of likely N-dealkylation sites (tertiary alicyclic amines) is 1. The molecule has 0 spiro atoms. The summed E-state index contributed by atoms with van der Waals surface area (Å²) in [5.41, 5.74) is 0. The molecule has 2 rings (SSSR count). The maximum Gasteiger partial charge on any atom is 0.332 e. The molecule has 118 valence electrons. The zero-order valence-electron chi connectivity index (χ0n) is 11.5. The molecule has 9 heteroatoms. The van der Waals surface area contributed by atoms with Gasteiger partial charge in [0.05, 0.1) is 9.79 Å². The van der Waals surface area contributed by atoms with Crippen molar-refractivity contribution >= 4 is 20.2 Å². The van der Waals surface area contributed by atoms with E-state index in [-0.39, 0.29) is 10.9 Å². The van der Waals surface area contributed by atoms with E-state index in [1.165, 1.54) is 0 Å². The zero-order valence-corrected chi connectivity index (χ0v) is 13.1. The van der Waals surface area contributed by atoms with Crippen molar-refractivity contribution in [2.45, 2.75) is 28.7 Å². The molecule has 1 N–H and O–H groups in total. The number of benzene rings is 1. The molecule has 1 fully saturated rings. The van der Waals surface area contributed by atoms with Crippen LogP contribution in [0.4, 0.5) is 3.89 Å². The van der Waals surface area contributed by atoms with Crippen LogP contribution in [0.2, 0.25) is 0 Å². The minimum Gasteiger partial charge on any atom is -0.302 e. The van der Waals surface area contributed by atoms with Crippen LogP contribution in [0.1, 0.15) is 12.8 Å². The molecule has 1 atom stereocenters. The average Bonchev–Trinajstić information content (AvgIpc) is 2.81. The van der Waals surface area contributed by atoms with Crippen molar-refractivity contribution < 1.29 is 20.7 Å². The van der Waals surface area contributed by atoms with Gasteiger partial charge in [0, 0.05) is 12.6 Å². The van der Waals surface area contributed by atoms with E-state index >= 15 is 0 Å². The van der Waals surface area contributed by atoms with E-state index in [0.29, 0.717) is 6.54 Å². The second kappa shape index (κ2) is 5.99.